The standard InChI is InChI=1S/C13H8NS.C10H10N3.Ir/c1-2-6-11-10(4-1)5-3-7-12(11)13-14-8-9-15-13;1-7-8(2)13-10(12-7)9-5-3-4-6-11-9;/h1-6,8-9H;3-6H,1-2H3;/q2*-1;. The molecule has 3 heterocycles. The van der Waals surface area contributed by atoms with Gasteiger partial charge < -0.3 is 9.97 Å². The van der Waals surface area contributed by atoms with E-state index in [9.17, 15) is 0 Å². The van der Waals surface area contributed by atoms with E-state index in [1.165, 1.54) is 10.8 Å². The van der Waals surface area contributed by atoms with Crippen molar-refractivity contribution in [2.24, 2.45) is 0 Å². The van der Waals surface area contributed by atoms with Gasteiger partial charge in [0, 0.05) is 42.9 Å². The molecular formula is C23H18IrN4S-2. The van der Waals surface area contributed by atoms with Crippen molar-refractivity contribution in [1.82, 2.24) is 19.9 Å². The number of thiazole rings is 1. The molecule has 147 valence electrons. The van der Waals surface area contributed by atoms with Gasteiger partial charge in [-0.1, -0.05) is 47.1 Å². The van der Waals surface area contributed by atoms with Crippen LogP contribution in [-0.4, -0.2) is 15.0 Å². The average molecular weight is 575 g/mol. The van der Waals surface area contributed by atoms with Gasteiger partial charge in [0.05, 0.1) is 5.69 Å². The maximum atomic E-state index is 4.32. The summed E-state index contributed by atoms with van der Waals surface area (Å²) in [4.78, 5) is 17.1. The summed E-state index contributed by atoms with van der Waals surface area (Å²) in [5.41, 5.74) is 3.88. The Bertz CT molecular complexity index is 1160. The fraction of sp³-hybridized carbons (Fsp3) is 0.0870. The fourth-order valence-corrected chi connectivity index (χ4v) is 3.46. The van der Waals surface area contributed by atoms with E-state index in [4.69, 9.17) is 0 Å². The third kappa shape index (κ3) is 4.85. The van der Waals surface area contributed by atoms with Crippen molar-refractivity contribution in [3.63, 3.8) is 0 Å². The molecule has 0 spiro atoms. The first-order valence-electron chi connectivity index (χ1n) is 8.91. The maximum Gasteiger partial charge on any atom is 0.0620 e. The summed E-state index contributed by atoms with van der Waals surface area (Å²) in [6.45, 7) is 3.91. The van der Waals surface area contributed by atoms with Crippen molar-refractivity contribution in [2.45, 2.75) is 13.8 Å². The second kappa shape index (κ2) is 9.70. The quantitative estimate of drug-likeness (QED) is 0.262. The van der Waals surface area contributed by atoms with Gasteiger partial charge in [-0.3, -0.25) is 9.97 Å². The minimum atomic E-state index is 0. The Morgan fingerprint density at radius 1 is 0.931 bits per heavy atom. The van der Waals surface area contributed by atoms with Crippen LogP contribution in [0.25, 0.3) is 32.9 Å². The van der Waals surface area contributed by atoms with Crippen LogP contribution in [0.15, 0.2) is 72.4 Å². The number of aromatic nitrogens is 4. The number of benzene rings is 2. The molecule has 29 heavy (non-hydrogen) atoms. The van der Waals surface area contributed by atoms with Gasteiger partial charge in [-0.05, 0) is 31.8 Å². The largest absolute Gasteiger partial charge is 0.438 e. The molecule has 0 aliphatic rings. The zero-order valence-corrected chi connectivity index (χ0v) is 19.2. The molecule has 4 nitrogen and oxygen atoms in total. The van der Waals surface area contributed by atoms with E-state index >= 15 is 0 Å². The molecule has 1 radical (unpaired) electrons. The van der Waals surface area contributed by atoms with Gasteiger partial charge in [-0.25, -0.2) is 0 Å². The number of hydrogen-bond donors (Lipinski definition) is 0. The van der Waals surface area contributed by atoms with E-state index in [0.717, 1.165) is 33.5 Å². The number of aryl methyl sites for hydroxylation is 2. The smallest absolute Gasteiger partial charge is 0.0620 e. The molecule has 0 saturated carbocycles. The molecular weight excluding hydrogens is 557 g/mol. The number of nitrogens with zero attached hydrogens (tertiary/aromatic N) is 4. The Balaban J connectivity index is 0.000000162. The molecule has 0 N–H and O–H groups in total. The summed E-state index contributed by atoms with van der Waals surface area (Å²) in [6.07, 6.45) is 3.58. The molecule has 6 heteroatoms. The molecule has 0 atom stereocenters. The Morgan fingerprint density at radius 3 is 2.45 bits per heavy atom. The molecule has 0 aliphatic heterocycles. The van der Waals surface area contributed by atoms with Crippen LogP contribution in [0.4, 0.5) is 0 Å². The summed E-state index contributed by atoms with van der Waals surface area (Å²) in [7, 11) is 0. The second-order valence-electron chi connectivity index (χ2n) is 6.21. The molecule has 3 aromatic heterocycles. The SMILES string of the molecule is Cc1nc(-c2ccccn2)[n-]c1C.[Ir].[c-]1ccc2ccccc2c1-c1nccs1. The average Bonchev–Trinajstić information content (AvgIpc) is 3.39. The third-order valence-electron chi connectivity index (χ3n) is 4.33. The third-order valence-corrected chi connectivity index (χ3v) is 5.12. The first-order chi connectivity index (χ1) is 13.7. The molecule has 0 unspecified atom stereocenters. The van der Waals surface area contributed by atoms with Gasteiger partial charge in [0.15, 0.2) is 0 Å². The summed E-state index contributed by atoms with van der Waals surface area (Å²) in [5.74, 6) is 0.718. The minimum absolute atomic E-state index is 0. The number of hydrogen-bond acceptors (Lipinski definition) is 4. The van der Waals surface area contributed by atoms with Crippen LogP contribution in [0.3, 0.4) is 0 Å². The minimum Gasteiger partial charge on any atom is -0.438 e. The van der Waals surface area contributed by atoms with Crippen LogP contribution in [0.2, 0.25) is 0 Å². The normalized spacial score (nSPS) is 10.1. The van der Waals surface area contributed by atoms with Crippen molar-refractivity contribution in [1.29, 1.82) is 0 Å². The van der Waals surface area contributed by atoms with E-state index in [0.29, 0.717) is 0 Å². The molecule has 5 rings (SSSR count). The first kappa shape index (κ1) is 21.1. The molecule has 0 fully saturated rings. The Morgan fingerprint density at radius 2 is 1.76 bits per heavy atom. The Labute approximate surface area is 187 Å². The van der Waals surface area contributed by atoms with Gasteiger partial charge >= 0.3 is 0 Å². The van der Waals surface area contributed by atoms with Crippen LogP contribution >= 0.6 is 11.3 Å². The van der Waals surface area contributed by atoms with E-state index in [2.05, 4.69) is 44.2 Å². The summed E-state index contributed by atoms with van der Waals surface area (Å²) in [5, 5.41) is 5.48. The second-order valence-corrected chi connectivity index (χ2v) is 7.10. The van der Waals surface area contributed by atoms with Gasteiger partial charge in [0.25, 0.3) is 0 Å². The maximum absolute atomic E-state index is 4.32. The van der Waals surface area contributed by atoms with Crippen LogP contribution in [0.5, 0.6) is 0 Å². The zero-order valence-electron chi connectivity index (χ0n) is 16.0. The van der Waals surface area contributed by atoms with E-state index in [1.807, 2.05) is 61.8 Å². The zero-order chi connectivity index (χ0) is 19.3. The summed E-state index contributed by atoms with van der Waals surface area (Å²) >= 11 is 1.65. The predicted molar refractivity (Wildman–Crippen MR) is 114 cm³/mol. The van der Waals surface area contributed by atoms with E-state index in [1.54, 1.807) is 17.5 Å². The van der Waals surface area contributed by atoms with Gasteiger partial charge in [-0.2, -0.15) is 11.3 Å². The fourth-order valence-electron chi connectivity index (χ4n) is 2.80. The van der Waals surface area contributed by atoms with Crippen LogP contribution in [0.1, 0.15) is 11.4 Å². The number of rotatable bonds is 2. The van der Waals surface area contributed by atoms with E-state index < -0.39 is 0 Å². The molecule has 5 aromatic rings. The Hall–Kier alpha value is -2.66. The van der Waals surface area contributed by atoms with Crippen molar-refractivity contribution in [3.8, 4) is 22.1 Å². The summed E-state index contributed by atoms with van der Waals surface area (Å²) < 4.78 is 0. The van der Waals surface area contributed by atoms with E-state index in [-0.39, 0.29) is 20.1 Å². The van der Waals surface area contributed by atoms with Crippen LogP contribution in [0, 0.1) is 19.9 Å². The number of imidazole rings is 1. The van der Waals surface area contributed by atoms with Crippen LogP contribution < -0.4 is 4.98 Å². The Kier molecular flexibility index (Phi) is 7.04. The molecule has 0 bridgehead atoms. The van der Waals surface area contributed by atoms with Gasteiger partial charge in [0.2, 0.25) is 0 Å². The van der Waals surface area contributed by atoms with Crippen molar-refractivity contribution in [2.75, 3.05) is 0 Å². The molecule has 0 saturated heterocycles. The van der Waals surface area contributed by atoms with Crippen molar-refractivity contribution < 1.29 is 20.1 Å². The predicted octanol–water partition coefficient (Wildman–Crippen LogP) is 5.48. The first-order valence-corrected chi connectivity index (χ1v) is 9.79. The van der Waals surface area contributed by atoms with Gasteiger partial charge in [0.1, 0.15) is 0 Å². The topological polar surface area (TPSA) is 52.8 Å². The van der Waals surface area contributed by atoms with Gasteiger partial charge in [-0.15, -0.1) is 29.1 Å². The number of fused-ring (bicyclic) bond motifs is 1. The molecule has 2 aromatic carbocycles. The summed E-state index contributed by atoms with van der Waals surface area (Å²) in [6, 6.07) is 21.3. The molecule has 0 amide bonds. The van der Waals surface area contributed by atoms with Crippen LogP contribution in [-0.2, 0) is 20.1 Å². The monoisotopic (exact) mass is 575 g/mol. The number of pyridine rings is 1. The van der Waals surface area contributed by atoms with Crippen molar-refractivity contribution in [3.05, 3.63) is 89.8 Å². The van der Waals surface area contributed by atoms with Crippen molar-refractivity contribution >= 4 is 22.1 Å². The molecule has 0 aliphatic carbocycles.